The van der Waals surface area contributed by atoms with E-state index in [1.54, 1.807) is 36.4 Å². The Hall–Kier alpha value is -4.52. The number of para-hydroxylation sites is 1. The molecule has 0 saturated carbocycles. The van der Waals surface area contributed by atoms with Gasteiger partial charge in [0, 0.05) is 17.8 Å². The lowest BCUT2D eigenvalue weighted by Crippen LogP contribution is -2.30. The number of aliphatic hydroxyl groups excluding tert-OH is 1. The number of carbonyl (C=O) groups is 2. The molecule has 0 bridgehead atoms. The van der Waals surface area contributed by atoms with E-state index in [1.807, 2.05) is 30.3 Å². The number of allylic oxidation sites excluding steroid dienone is 1. The van der Waals surface area contributed by atoms with Crippen molar-refractivity contribution in [3.05, 3.63) is 124 Å². The third-order valence-electron chi connectivity index (χ3n) is 5.15. The Bertz CT molecular complexity index is 1230. The molecule has 0 saturated heterocycles. The molecule has 7 nitrogen and oxygen atoms in total. The fourth-order valence-electron chi connectivity index (χ4n) is 3.63. The van der Waals surface area contributed by atoms with E-state index >= 15 is 0 Å². The monoisotopic (exact) mass is 426 g/mol. The van der Waals surface area contributed by atoms with Crippen LogP contribution in [-0.4, -0.2) is 21.7 Å². The summed E-state index contributed by atoms with van der Waals surface area (Å²) < 4.78 is 0. The van der Waals surface area contributed by atoms with E-state index in [0.29, 0.717) is 11.3 Å². The molecule has 7 heteroatoms. The zero-order valence-corrected chi connectivity index (χ0v) is 16.8. The van der Waals surface area contributed by atoms with Crippen LogP contribution >= 0.6 is 0 Å². The van der Waals surface area contributed by atoms with Crippen molar-refractivity contribution in [1.82, 2.24) is 0 Å². The molecular weight excluding hydrogens is 408 g/mol. The summed E-state index contributed by atoms with van der Waals surface area (Å²) in [7, 11) is 0. The van der Waals surface area contributed by atoms with Gasteiger partial charge in [0.05, 0.1) is 16.5 Å². The molecule has 0 fully saturated rings. The van der Waals surface area contributed by atoms with Crippen molar-refractivity contribution in [2.75, 3.05) is 4.90 Å². The lowest BCUT2D eigenvalue weighted by atomic mass is 9.95. The molecule has 3 aromatic rings. The first-order valence-corrected chi connectivity index (χ1v) is 9.81. The Morgan fingerprint density at radius 3 is 2.12 bits per heavy atom. The minimum atomic E-state index is -0.932. The summed E-state index contributed by atoms with van der Waals surface area (Å²) in [5, 5.41) is 21.7. The van der Waals surface area contributed by atoms with Crippen LogP contribution in [-0.2, 0) is 9.59 Å². The number of amides is 1. The summed E-state index contributed by atoms with van der Waals surface area (Å²) in [6, 6.07) is 22.4. The second-order valence-corrected chi connectivity index (χ2v) is 7.13. The van der Waals surface area contributed by atoms with Crippen LogP contribution in [0.2, 0.25) is 0 Å². The number of anilines is 1. The van der Waals surface area contributed by atoms with Gasteiger partial charge in [-0.25, -0.2) is 0 Å². The number of rotatable bonds is 6. The van der Waals surface area contributed by atoms with Gasteiger partial charge in [-0.3, -0.25) is 24.6 Å². The summed E-state index contributed by atoms with van der Waals surface area (Å²) in [6.45, 7) is 0. The molecule has 1 N–H and O–H groups in total. The third kappa shape index (κ3) is 3.91. The second-order valence-electron chi connectivity index (χ2n) is 7.13. The maximum Gasteiger partial charge on any atom is 0.294 e. The number of hydrogen-bond donors (Lipinski definition) is 1. The summed E-state index contributed by atoms with van der Waals surface area (Å²) in [4.78, 5) is 37.9. The van der Waals surface area contributed by atoms with Crippen LogP contribution in [0.4, 0.5) is 11.4 Å². The highest BCUT2D eigenvalue weighted by molar-refractivity contribution is 6.19. The number of non-ortho nitro benzene ring substituents is 1. The van der Waals surface area contributed by atoms with Crippen LogP contribution in [0.3, 0.4) is 0 Å². The highest BCUT2D eigenvalue weighted by atomic mass is 16.6. The van der Waals surface area contributed by atoms with E-state index in [1.165, 1.54) is 35.2 Å². The van der Waals surface area contributed by atoms with Crippen LogP contribution in [0.1, 0.15) is 17.2 Å². The van der Waals surface area contributed by atoms with Gasteiger partial charge in [-0.05, 0) is 41.5 Å². The van der Waals surface area contributed by atoms with Crippen LogP contribution < -0.4 is 4.90 Å². The molecule has 0 spiro atoms. The molecule has 1 atom stereocenters. The molecular formula is C25H18N2O5. The summed E-state index contributed by atoms with van der Waals surface area (Å²) in [5.74, 6) is -1.88. The minimum absolute atomic E-state index is 0.0834. The highest BCUT2D eigenvalue weighted by Gasteiger charge is 2.43. The molecule has 1 aliphatic heterocycles. The molecule has 32 heavy (non-hydrogen) atoms. The summed E-state index contributed by atoms with van der Waals surface area (Å²) in [5.41, 5.74) is 1.54. The van der Waals surface area contributed by atoms with Gasteiger partial charge in [-0.15, -0.1) is 0 Å². The van der Waals surface area contributed by atoms with Gasteiger partial charge in [-0.1, -0.05) is 54.6 Å². The van der Waals surface area contributed by atoms with Crippen molar-refractivity contribution in [2.24, 2.45) is 0 Å². The SMILES string of the molecule is O=C(/C=C/c1ccccc1)C1=C(O)C(=O)N(c2ccccc2)[C@H]1c1ccc([N+](=O)[O-])cc1. The number of nitro benzene ring substituents is 1. The Balaban J connectivity index is 1.78. The Morgan fingerprint density at radius 2 is 1.53 bits per heavy atom. The minimum Gasteiger partial charge on any atom is -0.503 e. The topological polar surface area (TPSA) is 101 Å². The fraction of sp³-hybridized carbons (Fsp3) is 0.0400. The lowest BCUT2D eigenvalue weighted by molar-refractivity contribution is -0.384. The van der Waals surface area contributed by atoms with E-state index in [-0.39, 0.29) is 11.3 Å². The quantitative estimate of drug-likeness (QED) is 0.347. The molecule has 0 aromatic heterocycles. The Labute approximate surface area is 183 Å². The smallest absolute Gasteiger partial charge is 0.294 e. The Morgan fingerprint density at radius 1 is 0.938 bits per heavy atom. The number of benzene rings is 3. The van der Waals surface area contributed by atoms with Crippen molar-refractivity contribution in [2.45, 2.75) is 6.04 Å². The fourth-order valence-corrected chi connectivity index (χ4v) is 3.63. The van der Waals surface area contributed by atoms with Crippen LogP contribution in [0, 0.1) is 10.1 Å². The molecule has 0 unspecified atom stereocenters. The molecule has 1 amide bonds. The number of hydrogen-bond acceptors (Lipinski definition) is 5. The van der Waals surface area contributed by atoms with Crippen molar-refractivity contribution >= 4 is 29.1 Å². The van der Waals surface area contributed by atoms with E-state index in [9.17, 15) is 24.8 Å². The van der Waals surface area contributed by atoms with Crippen molar-refractivity contribution in [1.29, 1.82) is 0 Å². The van der Waals surface area contributed by atoms with Crippen LogP contribution in [0.5, 0.6) is 0 Å². The largest absolute Gasteiger partial charge is 0.503 e. The van der Waals surface area contributed by atoms with Gasteiger partial charge >= 0.3 is 0 Å². The molecule has 0 radical (unpaired) electrons. The van der Waals surface area contributed by atoms with Crippen LogP contribution in [0.25, 0.3) is 6.08 Å². The first kappa shape index (κ1) is 20.7. The predicted molar refractivity (Wildman–Crippen MR) is 120 cm³/mol. The van der Waals surface area contributed by atoms with Crippen molar-refractivity contribution < 1.29 is 19.6 Å². The van der Waals surface area contributed by atoms with Gasteiger partial charge in [0.15, 0.2) is 11.5 Å². The number of aliphatic hydroxyl groups is 1. The number of carbonyl (C=O) groups excluding carboxylic acids is 2. The second kappa shape index (κ2) is 8.69. The molecule has 3 aromatic carbocycles. The number of nitrogens with zero attached hydrogens (tertiary/aromatic N) is 2. The number of nitro groups is 1. The number of ketones is 1. The maximum atomic E-state index is 13.1. The van der Waals surface area contributed by atoms with E-state index in [2.05, 4.69) is 0 Å². The van der Waals surface area contributed by atoms with E-state index in [4.69, 9.17) is 0 Å². The van der Waals surface area contributed by atoms with Crippen LogP contribution in [0.15, 0.2) is 102 Å². The van der Waals surface area contributed by atoms with Gasteiger partial charge in [-0.2, -0.15) is 0 Å². The normalized spacial score (nSPS) is 16.1. The Kier molecular flexibility index (Phi) is 5.63. The molecule has 4 rings (SSSR count). The van der Waals surface area contributed by atoms with Gasteiger partial charge in [0.2, 0.25) is 0 Å². The zero-order chi connectivity index (χ0) is 22.7. The summed E-state index contributed by atoms with van der Waals surface area (Å²) >= 11 is 0. The third-order valence-corrected chi connectivity index (χ3v) is 5.15. The molecule has 158 valence electrons. The average molecular weight is 426 g/mol. The average Bonchev–Trinajstić information content (AvgIpc) is 3.09. The maximum absolute atomic E-state index is 13.1. The predicted octanol–water partition coefficient (Wildman–Crippen LogP) is 4.78. The van der Waals surface area contributed by atoms with E-state index < -0.39 is 28.4 Å². The standard InChI is InChI=1S/C25H18N2O5/c28-21(16-11-17-7-3-1-4-8-17)22-23(18-12-14-20(15-13-18)27(31)32)26(25(30)24(22)29)19-9-5-2-6-10-19/h1-16,23,29H/b16-11+/t23-/m0/s1. The van der Waals surface area contributed by atoms with E-state index in [0.717, 1.165) is 5.56 Å². The molecule has 1 aliphatic rings. The summed E-state index contributed by atoms with van der Waals surface area (Å²) in [6.07, 6.45) is 2.91. The van der Waals surface area contributed by atoms with Gasteiger partial charge in [0.1, 0.15) is 0 Å². The zero-order valence-electron chi connectivity index (χ0n) is 16.8. The van der Waals surface area contributed by atoms with Crippen molar-refractivity contribution in [3.8, 4) is 0 Å². The molecule has 0 aliphatic carbocycles. The first-order valence-electron chi connectivity index (χ1n) is 9.81. The van der Waals surface area contributed by atoms with Crippen molar-refractivity contribution in [3.63, 3.8) is 0 Å². The molecule has 1 heterocycles. The van der Waals surface area contributed by atoms with Gasteiger partial charge < -0.3 is 5.11 Å². The van der Waals surface area contributed by atoms with Gasteiger partial charge in [0.25, 0.3) is 11.6 Å². The highest BCUT2D eigenvalue weighted by Crippen LogP contribution is 2.41. The lowest BCUT2D eigenvalue weighted by Gasteiger charge is -2.26. The first-order chi connectivity index (χ1) is 15.5.